The van der Waals surface area contributed by atoms with Crippen LogP contribution < -0.4 is 0 Å². The molecule has 0 atom stereocenters. The Labute approximate surface area is 99.1 Å². The molecule has 1 saturated carbocycles. The Kier molecular flexibility index (Phi) is 1.72. The summed E-state index contributed by atoms with van der Waals surface area (Å²) in [5, 5.41) is 8.67. The van der Waals surface area contributed by atoms with Crippen LogP contribution in [0.2, 0.25) is 0 Å². The average Bonchev–Trinajstić information content (AvgIpc) is 2.94. The van der Waals surface area contributed by atoms with Gasteiger partial charge < -0.3 is 4.57 Å². The molecule has 1 aromatic carbocycles. The van der Waals surface area contributed by atoms with Gasteiger partial charge in [0.1, 0.15) is 0 Å². The zero-order valence-electron chi connectivity index (χ0n) is 9.43. The number of aromatic amines is 1. The zero-order chi connectivity index (χ0) is 11.2. The molecule has 0 aliphatic heterocycles. The highest BCUT2D eigenvalue weighted by atomic mass is 15.2. The number of benzene rings is 1. The van der Waals surface area contributed by atoms with Crippen LogP contribution in [-0.4, -0.2) is 14.8 Å². The summed E-state index contributed by atoms with van der Waals surface area (Å²) in [5.41, 5.74) is 3.66. The van der Waals surface area contributed by atoms with E-state index in [1.165, 1.54) is 35.1 Å². The summed E-state index contributed by atoms with van der Waals surface area (Å²) in [5.74, 6) is 0.664. The minimum Gasteiger partial charge on any atom is -0.313 e. The van der Waals surface area contributed by atoms with Crippen molar-refractivity contribution in [2.45, 2.75) is 18.8 Å². The Morgan fingerprint density at radius 2 is 2.06 bits per heavy atom. The third-order valence-corrected chi connectivity index (χ3v) is 3.47. The third-order valence-electron chi connectivity index (χ3n) is 3.47. The van der Waals surface area contributed by atoms with Gasteiger partial charge in [0, 0.05) is 18.3 Å². The van der Waals surface area contributed by atoms with Gasteiger partial charge in [0.25, 0.3) is 0 Å². The molecule has 3 nitrogen and oxygen atoms in total. The molecule has 4 rings (SSSR count). The first-order chi connectivity index (χ1) is 8.43. The topological polar surface area (TPSA) is 33.6 Å². The van der Waals surface area contributed by atoms with Gasteiger partial charge in [-0.2, -0.15) is 5.10 Å². The fraction of sp³-hybridized carbons (Fsp3) is 0.214. The molecule has 17 heavy (non-hydrogen) atoms. The second-order valence-corrected chi connectivity index (χ2v) is 4.67. The van der Waals surface area contributed by atoms with Crippen molar-refractivity contribution in [3.05, 3.63) is 48.4 Å². The quantitative estimate of drug-likeness (QED) is 0.711. The predicted molar refractivity (Wildman–Crippen MR) is 67.4 cm³/mol. The molecule has 1 fully saturated rings. The number of nitrogens with zero attached hydrogens (tertiary/aromatic N) is 2. The molecule has 1 N–H and O–H groups in total. The van der Waals surface area contributed by atoms with Gasteiger partial charge in [-0.15, -0.1) is 0 Å². The molecule has 0 amide bonds. The van der Waals surface area contributed by atoms with Crippen LogP contribution in [0.1, 0.15) is 24.5 Å². The molecule has 2 heterocycles. The Morgan fingerprint density at radius 1 is 1.18 bits per heavy atom. The maximum atomic E-state index is 4.40. The van der Waals surface area contributed by atoms with Crippen LogP contribution in [0.5, 0.6) is 0 Å². The third kappa shape index (κ3) is 1.32. The van der Waals surface area contributed by atoms with Crippen LogP contribution in [0.15, 0.2) is 42.7 Å². The van der Waals surface area contributed by atoms with Crippen molar-refractivity contribution in [1.82, 2.24) is 14.8 Å². The van der Waals surface area contributed by atoms with Crippen LogP contribution in [0, 0.1) is 0 Å². The van der Waals surface area contributed by atoms with Crippen molar-refractivity contribution in [3.8, 4) is 5.69 Å². The lowest BCUT2D eigenvalue weighted by Crippen LogP contribution is -1.94. The number of aromatic nitrogens is 3. The van der Waals surface area contributed by atoms with Crippen LogP contribution in [-0.2, 0) is 0 Å². The van der Waals surface area contributed by atoms with E-state index >= 15 is 0 Å². The lowest BCUT2D eigenvalue weighted by molar-refractivity contribution is 0.950. The molecule has 2 aromatic heterocycles. The minimum atomic E-state index is 0.664. The summed E-state index contributed by atoms with van der Waals surface area (Å²) in [6.45, 7) is 0. The predicted octanol–water partition coefficient (Wildman–Crippen LogP) is 3.23. The van der Waals surface area contributed by atoms with Crippen molar-refractivity contribution >= 4 is 10.9 Å². The number of nitrogens with one attached hydrogen (secondary N) is 1. The van der Waals surface area contributed by atoms with Gasteiger partial charge in [0.15, 0.2) is 0 Å². The molecule has 1 aliphatic carbocycles. The van der Waals surface area contributed by atoms with E-state index in [-0.39, 0.29) is 0 Å². The van der Waals surface area contributed by atoms with E-state index in [0.29, 0.717) is 5.92 Å². The Morgan fingerprint density at radius 3 is 2.94 bits per heavy atom. The number of hydrogen-bond acceptors (Lipinski definition) is 1. The highest BCUT2D eigenvalue weighted by Crippen LogP contribution is 2.41. The van der Waals surface area contributed by atoms with Crippen molar-refractivity contribution in [1.29, 1.82) is 0 Å². The molecule has 84 valence electrons. The Hall–Kier alpha value is -2.03. The fourth-order valence-corrected chi connectivity index (χ4v) is 2.44. The summed E-state index contributed by atoms with van der Waals surface area (Å²) in [6.07, 6.45) is 6.68. The number of rotatable bonds is 2. The van der Waals surface area contributed by atoms with Crippen molar-refractivity contribution in [3.63, 3.8) is 0 Å². The normalized spacial score (nSPS) is 15.5. The van der Waals surface area contributed by atoms with Crippen molar-refractivity contribution in [2.75, 3.05) is 0 Å². The second-order valence-electron chi connectivity index (χ2n) is 4.67. The van der Waals surface area contributed by atoms with Gasteiger partial charge in [0.2, 0.25) is 0 Å². The summed E-state index contributed by atoms with van der Waals surface area (Å²) in [4.78, 5) is 0. The molecule has 3 heteroatoms. The summed E-state index contributed by atoms with van der Waals surface area (Å²) < 4.78 is 2.23. The van der Waals surface area contributed by atoms with Gasteiger partial charge in [-0.05, 0) is 30.4 Å². The fourth-order valence-electron chi connectivity index (χ4n) is 2.44. The highest BCUT2D eigenvalue weighted by Gasteiger charge is 2.29. The van der Waals surface area contributed by atoms with Crippen LogP contribution in [0.3, 0.4) is 0 Å². The smallest absolute Gasteiger partial charge is 0.0893 e. The molecule has 0 unspecified atom stereocenters. The molecule has 0 bridgehead atoms. The van der Waals surface area contributed by atoms with E-state index in [0.717, 1.165) is 0 Å². The highest BCUT2D eigenvalue weighted by molar-refractivity contribution is 5.82. The average molecular weight is 223 g/mol. The molecular weight excluding hydrogens is 210 g/mol. The lowest BCUT2D eigenvalue weighted by Gasteiger charge is -2.04. The molecule has 1 aliphatic rings. The molecule has 0 radical (unpaired) electrons. The van der Waals surface area contributed by atoms with E-state index in [4.69, 9.17) is 0 Å². The number of hydrogen-bond donors (Lipinski definition) is 1. The summed E-state index contributed by atoms with van der Waals surface area (Å²) in [6, 6.07) is 10.6. The molecule has 0 spiro atoms. The van der Waals surface area contributed by atoms with Crippen LogP contribution >= 0.6 is 0 Å². The zero-order valence-corrected chi connectivity index (χ0v) is 9.43. The monoisotopic (exact) mass is 223 g/mol. The Bertz CT molecular complexity index is 673. The van der Waals surface area contributed by atoms with Crippen molar-refractivity contribution < 1.29 is 0 Å². The SMILES string of the molecule is c1ccc2c(c1)ccn2-c1c[nH]nc1C1CC1. The van der Waals surface area contributed by atoms with E-state index in [1.807, 2.05) is 6.20 Å². The minimum absolute atomic E-state index is 0.664. The van der Waals surface area contributed by atoms with E-state index in [2.05, 4.69) is 51.3 Å². The Balaban J connectivity index is 1.95. The number of fused-ring (bicyclic) bond motifs is 1. The van der Waals surface area contributed by atoms with E-state index in [1.54, 1.807) is 0 Å². The van der Waals surface area contributed by atoms with Gasteiger partial charge in [-0.1, -0.05) is 18.2 Å². The summed E-state index contributed by atoms with van der Waals surface area (Å²) in [7, 11) is 0. The standard InChI is InChI=1S/C14H13N3/c1-2-4-12-10(3-1)7-8-17(12)13-9-15-16-14(13)11-5-6-11/h1-4,7-9,11H,5-6H2,(H,15,16). The van der Waals surface area contributed by atoms with Crippen molar-refractivity contribution in [2.24, 2.45) is 0 Å². The second kappa shape index (κ2) is 3.23. The van der Waals surface area contributed by atoms with Gasteiger partial charge in [-0.3, -0.25) is 5.10 Å². The molecular formula is C14H13N3. The first kappa shape index (κ1) is 9.05. The maximum Gasteiger partial charge on any atom is 0.0893 e. The largest absolute Gasteiger partial charge is 0.313 e. The maximum absolute atomic E-state index is 4.40. The lowest BCUT2D eigenvalue weighted by atomic mass is 10.2. The molecule has 0 saturated heterocycles. The van der Waals surface area contributed by atoms with Crippen LogP contribution in [0.25, 0.3) is 16.6 Å². The van der Waals surface area contributed by atoms with E-state index in [9.17, 15) is 0 Å². The first-order valence-electron chi connectivity index (χ1n) is 6.03. The number of para-hydroxylation sites is 1. The van der Waals surface area contributed by atoms with Gasteiger partial charge >= 0.3 is 0 Å². The first-order valence-corrected chi connectivity index (χ1v) is 6.03. The molecule has 3 aromatic rings. The van der Waals surface area contributed by atoms with Gasteiger partial charge in [0.05, 0.1) is 16.9 Å². The van der Waals surface area contributed by atoms with E-state index < -0.39 is 0 Å². The number of H-pyrrole nitrogens is 1. The van der Waals surface area contributed by atoms with Crippen LogP contribution in [0.4, 0.5) is 0 Å². The van der Waals surface area contributed by atoms with Gasteiger partial charge in [-0.25, -0.2) is 0 Å². The summed E-state index contributed by atoms with van der Waals surface area (Å²) >= 11 is 0.